The molecule has 12 aromatic rings. The summed E-state index contributed by atoms with van der Waals surface area (Å²) in [4.78, 5) is 16.2. The van der Waals surface area contributed by atoms with E-state index in [0.717, 1.165) is 94.0 Å². The molecule has 8 aromatic carbocycles. The lowest BCUT2D eigenvalue weighted by molar-refractivity contribution is 1.02. The second kappa shape index (κ2) is 13.8. The maximum atomic E-state index is 5.49. The van der Waals surface area contributed by atoms with Crippen LogP contribution in [0.3, 0.4) is 0 Å². The minimum Gasteiger partial charge on any atom is -0.294 e. The first-order valence-electron chi connectivity index (χ1n) is 20.3. The van der Waals surface area contributed by atoms with E-state index in [9.17, 15) is 0 Å². The lowest BCUT2D eigenvalue weighted by Gasteiger charge is -2.13. The first kappa shape index (κ1) is 33.9. The molecule has 0 amide bonds. The van der Waals surface area contributed by atoms with Gasteiger partial charge in [-0.05, 0) is 58.7 Å². The third kappa shape index (κ3) is 5.44. The predicted molar refractivity (Wildman–Crippen MR) is 248 cm³/mol. The summed E-state index contributed by atoms with van der Waals surface area (Å²) in [7, 11) is 0. The number of nitrogens with zero attached hydrogens (tertiary/aromatic N) is 5. The Balaban J connectivity index is 1.15. The quantitative estimate of drug-likeness (QED) is 0.169. The fraction of sp³-hybridized carbons (Fsp3) is 0. The Hall–Kier alpha value is -8.15. The molecule has 4 heterocycles. The molecule has 4 aromatic heterocycles. The van der Waals surface area contributed by atoms with Crippen LogP contribution in [0.1, 0.15) is 0 Å². The fourth-order valence-electron chi connectivity index (χ4n) is 8.98. The zero-order valence-corrected chi connectivity index (χ0v) is 32.4. The van der Waals surface area contributed by atoms with Gasteiger partial charge in [0.25, 0.3) is 0 Å². The molecule has 0 unspecified atom stereocenters. The van der Waals surface area contributed by atoms with Crippen molar-refractivity contribution in [1.29, 1.82) is 0 Å². The molecule has 280 valence electrons. The number of hydrogen-bond donors (Lipinski definition) is 0. The van der Waals surface area contributed by atoms with Crippen molar-refractivity contribution >= 4 is 54.5 Å². The highest BCUT2D eigenvalue weighted by Gasteiger charge is 2.23. The second-order valence-electron chi connectivity index (χ2n) is 15.2. The molecule has 0 bridgehead atoms. The average molecular weight is 766 g/mol. The molecule has 0 spiro atoms. The van der Waals surface area contributed by atoms with E-state index in [-0.39, 0.29) is 0 Å². The van der Waals surface area contributed by atoms with Crippen LogP contribution in [0.15, 0.2) is 212 Å². The predicted octanol–water partition coefficient (Wildman–Crippen LogP) is 13.9. The Morgan fingerprint density at radius 1 is 0.317 bits per heavy atom. The molecule has 5 heteroatoms. The SMILES string of the molecule is c1ccc(-c2ccc(-c3nc(-n4c5ccccc5c5ccc6c(c7ccccc7n6-c6cc(-c7ccccc7)cc(-c7ccccc7)n6)c54)nc4ccccc34)cc2)cc1. The fourth-order valence-corrected chi connectivity index (χ4v) is 8.98. The van der Waals surface area contributed by atoms with Crippen molar-refractivity contribution in [2.75, 3.05) is 0 Å². The van der Waals surface area contributed by atoms with Crippen LogP contribution in [0.25, 0.3) is 111 Å². The van der Waals surface area contributed by atoms with Crippen molar-refractivity contribution in [1.82, 2.24) is 24.1 Å². The van der Waals surface area contributed by atoms with Gasteiger partial charge in [0.05, 0.1) is 39.0 Å². The van der Waals surface area contributed by atoms with Crippen LogP contribution in [0.5, 0.6) is 0 Å². The highest BCUT2D eigenvalue weighted by molar-refractivity contribution is 6.26. The molecule has 60 heavy (non-hydrogen) atoms. The van der Waals surface area contributed by atoms with Gasteiger partial charge in [0.1, 0.15) is 5.82 Å². The summed E-state index contributed by atoms with van der Waals surface area (Å²) >= 11 is 0. The van der Waals surface area contributed by atoms with E-state index in [1.54, 1.807) is 0 Å². The molecule has 0 atom stereocenters. The van der Waals surface area contributed by atoms with Gasteiger partial charge in [-0.1, -0.05) is 176 Å². The molecule has 0 N–H and O–H groups in total. The normalized spacial score (nSPS) is 11.7. The molecule has 0 aliphatic rings. The highest BCUT2D eigenvalue weighted by atomic mass is 15.2. The van der Waals surface area contributed by atoms with Crippen LogP contribution >= 0.6 is 0 Å². The topological polar surface area (TPSA) is 48.5 Å². The molecule has 5 nitrogen and oxygen atoms in total. The molecular weight excluding hydrogens is 731 g/mol. The summed E-state index contributed by atoms with van der Waals surface area (Å²) < 4.78 is 4.60. The van der Waals surface area contributed by atoms with Crippen LogP contribution < -0.4 is 0 Å². The lowest BCUT2D eigenvalue weighted by atomic mass is 10.0. The number of benzene rings is 8. The molecule has 0 saturated carbocycles. The van der Waals surface area contributed by atoms with Gasteiger partial charge in [0.2, 0.25) is 5.95 Å². The number of aromatic nitrogens is 5. The van der Waals surface area contributed by atoms with E-state index in [0.29, 0.717) is 5.95 Å². The maximum absolute atomic E-state index is 5.49. The minimum atomic E-state index is 0.627. The van der Waals surface area contributed by atoms with Gasteiger partial charge in [-0.25, -0.2) is 15.0 Å². The minimum absolute atomic E-state index is 0.627. The summed E-state index contributed by atoms with van der Waals surface area (Å²) in [6.45, 7) is 0. The summed E-state index contributed by atoms with van der Waals surface area (Å²) in [6.07, 6.45) is 0. The number of fused-ring (bicyclic) bond motifs is 8. The summed E-state index contributed by atoms with van der Waals surface area (Å²) in [5.41, 5.74) is 13.6. The van der Waals surface area contributed by atoms with Gasteiger partial charge < -0.3 is 0 Å². The summed E-state index contributed by atoms with van der Waals surface area (Å²) in [6, 6.07) is 74.8. The van der Waals surface area contributed by atoms with Gasteiger partial charge in [-0.15, -0.1) is 0 Å². The third-order valence-corrected chi connectivity index (χ3v) is 11.7. The van der Waals surface area contributed by atoms with Gasteiger partial charge >= 0.3 is 0 Å². The van der Waals surface area contributed by atoms with Gasteiger partial charge in [0, 0.05) is 38.1 Å². The molecule has 12 rings (SSSR count). The number of pyridine rings is 1. The van der Waals surface area contributed by atoms with Gasteiger partial charge in [0.15, 0.2) is 0 Å². The zero-order valence-electron chi connectivity index (χ0n) is 32.4. The Morgan fingerprint density at radius 3 is 1.58 bits per heavy atom. The number of rotatable bonds is 6. The van der Waals surface area contributed by atoms with Gasteiger partial charge in [-0.3, -0.25) is 9.13 Å². The molecule has 0 aliphatic heterocycles. The molecule has 0 radical (unpaired) electrons. The summed E-state index contributed by atoms with van der Waals surface area (Å²) in [5.74, 6) is 1.48. The van der Waals surface area contributed by atoms with Crippen LogP contribution in [0.2, 0.25) is 0 Å². The third-order valence-electron chi connectivity index (χ3n) is 11.7. The van der Waals surface area contributed by atoms with Crippen molar-refractivity contribution in [2.24, 2.45) is 0 Å². The first-order valence-corrected chi connectivity index (χ1v) is 20.3. The van der Waals surface area contributed by atoms with Crippen LogP contribution in [0.4, 0.5) is 0 Å². The van der Waals surface area contributed by atoms with Crippen molar-refractivity contribution in [3.8, 4) is 56.5 Å². The summed E-state index contributed by atoms with van der Waals surface area (Å²) in [5, 5.41) is 5.55. The Bertz CT molecular complexity index is 3510. The molecule has 0 saturated heterocycles. The smallest absolute Gasteiger partial charge is 0.235 e. The zero-order chi connectivity index (χ0) is 39.6. The van der Waals surface area contributed by atoms with Crippen molar-refractivity contribution < 1.29 is 0 Å². The average Bonchev–Trinajstić information content (AvgIpc) is 3.85. The number of hydrogen-bond acceptors (Lipinski definition) is 3. The lowest BCUT2D eigenvalue weighted by Crippen LogP contribution is -2.04. The largest absolute Gasteiger partial charge is 0.294 e. The molecular formula is C55H35N5. The maximum Gasteiger partial charge on any atom is 0.235 e. The Labute approximate surface area is 346 Å². The van der Waals surface area contributed by atoms with E-state index >= 15 is 0 Å². The van der Waals surface area contributed by atoms with Crippen molar-refractivity contribution in [3.63, 3.8) is 0 Å². The van der Waals surface area contributed by atoms with E-state index < -0.39 is 0 Å². The second-order valence-corrected chi connectivity index (χ2v) is 15.2. The van der Waals surface area contributed by atoms with E-state index in [1.807, 2.05) is 6.07 Å². The van der Waals surface area contributed by atoms with E-state index in [2.05, 4.69) is 215 Å². The molecule has 0 fully saturated rings. The first-order chi connectivity index (χ1) is 29.8. The van der Waals surface area contributed by atoms with Gasteiger partial charge in [-0.2, -0.15) is 0 Å². The van der Waals surface area contributed by atoms with E-state index in [1.165, 1.54) is 11.1 Å². The van der Waals surface area contributed by atoms with Crippen LogP contribution in [-0.4, -0.2) is 24.1 Å². The van der Waals surface area contributed by atoms with E-state index in [4.69, 9.17) is 15.0 Å². The Morgan fingerprint density at radius 2 is 0.867 bits per heavy atom. The van der Waals surface area contributed by atoms with Crippen LogP contribution in [-0.2, 0) is 0 Å². The van der Waals surface area contributed by atoms with Crippen LogP contribution in [0, 0.1) is 0 Å². The molecule has 0 aliphatic carbocycles. The van der Waals surface area contributed by atoms with Crippen molar-refractivity contribution in [3.05, 3.63) is 212 Å². The Kier molecular flexibility index (Phi) is 7.78. The number of para-hydroxylation sites is 3. The monoisotopic (exact) mass is 765 g/mol. The van der Waals surface area contributed by atoms with Crippen molar-refractivity contribution in [2.45, 2.75) is 0 Å². The standard InChI is InChI=1S/C55H35N5/c1-4-16-36(17-5-1)38-28-30-40(31-29-38)53-44-23-10-13-25-46(44)57-55(58-53)60-48-26-14-11-22-42(48)43-32-33-50-52(54(43)60)45-24-12-15-27-49(45)59(50)51-35-41(37-18-6-2-7-19-37)34-47(56-51)39-20-8-3-9-21-39/h1-35H. The highest BCUT2D eigenvalue weighted by Crippen LogP contribution is 2.42.